The maximum Gasteiger partial charge on any atom is 0.180 e. The normalized spacial score (nSPS) is 14.2. The first-order chi connectivity index (χ1) is 9.65. The van der Waals surface area contributed by atoms with Crippen LogP contribution >= 0.6 is 22.9 Å². The van der Waals surface area contributed by atoms with Crippen molar-refractivity contribution < 1.29 is 5.11 Å². The van der Waals surface area contributed by atoms with Crippen molar-refractivity contribution in [3.05, 3.63) is 45.9 Å². The Morgan fingerprint density at radius 2 is 2.20 bits per heavy atom. The van der Waals surface area contributed by atoms with E-state index < -0.39 is 0 Å². The van der Waals surface area contributed by atoms with Crippen LogP contribution in [0.5, 0.6) is 0 Å². The van der Waals surface area contributed by atoms with Crippen molar-refractivity contribution in [2.45, 2.75) is 25.4 Å². The zero-order chi connectivity index (χ0) is 14.5. The molecule has 0 saturated heterocycles. The van der Waals surface area contributed by atoms with Crippen LogP contribution < -0.4 is 11.1 Å². The molecule has 108 valence electrons. The lowest BCUT2D eigenvalue weighted by atomic mass is 10.0. The zero-order valence-corrected chi connectivity index (χ0v) is 12.8. The first kappa shape index (κ1) is 15.3. The van der Waals surface area contributed by atoms with Crippen molar-refractivity contribution >= 4 is 28.1 Å². The molecule has 1 aromatic heterocycles. The minimum atomic E-state index is -0.115. The molecule has 0 aliphatic heterocycles. The molecular weight excluding hydrogens is 294 g/mol. The number of nitrogens with two attached hydrogens (primary N) is 1. The first-order valence-electron chi connectivity index (χ1n) is 6.48. The molecule has 20 heavy (non-hydrogen) atoms. The maximum atomic E-state index is 9.41. The van der Waals surface area contributed by atoms with Gasteiger partial charge in [0.2, 0.25) is 0 Å². The topological polar surface area (TPSA) is 71.2 Å². The molecule has 4 nitrogen and oxygen atoms in total. The molecule has 0 aliphatic rings. The molecule has 0 amide bonds. The highest BCUT2D eigenvalue weighted by atomic mass is 35.5. The summed E-state index contributed by atoms with van der Waals surface area (Å²) >= 11 is 7.72. The lowest BCUT2D eigenvalue weighted by molar-refractivity contribution is 0.233. The van der Waals surface area contributed by atoms with E-state index in [1.807, 2.05) is 31.2 Å². The van der Waals surface area contributed by atoms with Crippen LogP contribution in [-0.4, -0.2) is 22.7 Å². The summed E-state index contributed by atoms with van der Waals surface area (Å²) in [5, 5.41) is 14.0. The third-order valence-corrected chi connectivity index (χ3v) is 4.39. The summed E-state index contributed by atoms with van der Waals surface area (Å²) in [6, 6.07) is 7.55. The Morgan fingerprint density at radius 3 is 2.75 bits per heavy atom. The Bertz CT molecular complexity index is 557. The Hall–Kier alpha value is -1.14. The average Bonchev–Trinajstić information content (AvgIpc) is 2.88. The van der Waals surface area contributed by atoms with Crippen molar-refractivity contribution in [3.8, 4) is 0 Å². The molecule has 0 bridgehead atoms. The van der Waals surface area contributed by atoms with Gasteiger partial charge in [0.1, 0.15) is 0 Å². The van der Waals surface area contributed by atoms with Gasteiger partial charge in [0, 0.05) is 22.1 Å². The maximum absolute atomic E-state index is 9.41. The predicted octanol–water partition coefficient (Wildman–Crippen LogP) is 2.83. The summed E-state index contributed by atoms with van der Waals surface area (Å²) in [4.78, 5) is 5.09. The minimum Gasteiger partial charge on any atom is -0.395 e. The molecule has 1 heterocycles. The fourth-order valence-electron chi connectivity index (χ4n) is 2.00. The number of anilines is 1. The number of hydrogen-bond donors (Lipinski definition) is 3. The third-order valence-electron chi connectivity index (χ3n) is 3.16. The standard InChI is InChI=1S/C14H18ClN3OS/c1-2-9(8-19)18-13(12-7-17-14(16)20-12)10-5-3-4-6-11(10)15/h3-7,9,13,18-19H,2,8H2,1H3,(H2,16,17). The van der Waals surface area contributed by atoms with E-state index in [0.717, 1.165) is 16.9 Å². The highest BCUT2D eigenvalue weighted by Gasteiger charge is 2.21. The first-order valence-corrected chi connectivity index (χ1v) is 7.67. The largest absolute Gasteiger partial charge is 0.395 e. The van der Waals surface area contributed by atoms with Gasteiger partial charge in [0.25, 0.3) is 0 Å². The van der Waals surface area contributed by atoms with Gasteiger partial charge < -0.3 is 16.2 Å². The molecule has 0 radical (unpaired) electrons. The van der Waals surface area contributed by atoms with E-state index in [1.165, 1.54) is 11.3 Å². The average molecular weight is 312 g/mol. The Labute approximate surface area is 127 Å². The van der Waals surface area contributed by atoms with Gasteiger partial charge in [-0.05, 0) is 18.1 Å². The Morgan fingerprint density at radius 1 is 1.45 bits per heavy atom. The Balaban J connectivity index is 2.36. The van der Waals surface area contributed by atoms with E-state index in [1.54, 1.807) is 6.20 Å². The van der Waals surface area contributed by atoms with Gasteiger partial charge in [-0.2, -0.15) is 0 Å². The second kappa shape index (κ2) is 7.04. The highest BCUT2D eigenvalue weighted by Crippen LogP contribution is 2.32. The van der Waals surface area contributed by atoms with Crippen LogP contribution in [0.2, 0.25) is 5.02 Å². The second-order valence-corrected chi connectivity index (χ2v) is 6.01. The monoisotopic (exact) mass is 311 g/mol. The van der Waals surface area contributed by atoms with Gasteiger partial charge in [0.15, 0.2) is 5.13 Å². The molecule has 2 aromatic rings. The number of nitrogens with zero attached hydrogens (tertiary/aromatic N) is 1. The lowest BCUT2D eigenvalue weighted by Gasteiger charge is -2.24. The molecule has 4 N–H and O–H groups in total. The number of aromatic nitrogens is 1. The molecule has 2 atom stereocenters. The van der Waals surface area contributed by atoms with Crippen LogP contribution in [-0.2, 0) is 0 Å². The number of benzene rings is 1. The molecular formula is C14H18ClN3OS. The second-order valence-electron chi connectivity index (χ2n) is 4.51. The summed E-state index contributed by atoms with van der Waals surface area (Å²) in [6.45, 7) is 2.10. The molecule has 0 aliphatic carbocycles. The molecule has 0 spiro atoms. The van der Waals surface area contributed by atoms with Crippen LogP contribution in [0.25, 0.3) is 0 Å². The quantitative estimate of drug-likeness (QED) is 0.767. The number of nitrogen functional groups attached to an aromatic ring is 1. The molecule has 2 unspecified atom stereocenters. The van der Waals surface area contributed by atoms with Crippen molar-refractivity contribution in [1.29, 1.82) is 0 Å². The summed E-state index contributed by atoms with van der Waals surface area (Å²) in [5.74, 6) is 0. The van der Waals surface area contributed by atoms with E-state index >= 15 is 0 Å². The molecule has 0 fully saturated rings. The van der Waals surface area contributed by atoms with E-state index in [0.29, 0.717) is 10.2 Å². The summed E-state index contributed by atoms with van der Waals surface area (Å²) in [6.07, 6.45) is 2.58. The summed E-state index contributed by atoms with van der Waals surface area (Å²) in [5.41, 5.74) is 6.69. The van der Waals surface area contributed by atoms with E-state index in [2.05, 4.69) is 10.3 Å². The van der Waals surface area contributed by atoms with Crippen molar-refractivity contribution in [2.75, 3.05) is 12.3 Å². The number of aliphatic hydroxyl groups is 1. The van der Waals surface area contributed by atoms with E-state index in [4.69, 9.17) is 17.3 Å². The van der Waals surface area contributed by atoms with Gasteiger partial charge >= 0.3 is 0 Å². The number of hydrogen-bond acceptors (Lipinski definition) is 5. The van der Waals surface area contributed by atoms with Crippen molar-refractivity contribution in [3.63, 3.8) is 0 Å². The smallest absolute Gasteiger partial charge is 0.180 e. The Kier molecular flexibility index (Phi) is 5.37. The van der Waals surface area contributed by atoms with Crippen LogP contribution in [0.15, 0.2) is 30.5 Å². The number of rotatable bonds is 6. The fourth-order valence-corrected chi connectivity index (χ4v) is 3.01. The van der Waals surface area contributed by atoms with Crippen molar-refractivity contribution in [1.82, 2.24) is 10.3 Å². The third kappa shape index (κ3) is 3.49. The van der Waals surface area contributed by atoms with E-state index in [-0.39, 0.29) is 18.7 Å². The molecule has 2 rings (SSSR count). The van der Waals surface area contributed by atoms with Crippen LogP contribution in [0.3, 0.4) is 0 Å². The van der Waals surface area contributed by atoms with Crippen LogP contribution in [0, 0.1) is 0 Å². The van der Waals surface area contributed by atoms with Crippen LogP contribution in [0.1, 0.15) is 29.8 Å². The summed E-state index contributed by atoms with van der Waals surface area (Å²) < 4.78 is 0. The van der Waals surface area contributed by atoms with Gasteiger partial charge in [-0.3, -0.25) is 0 Å². The predicted molar refractivity (Wildman–Crippen MR) is 84.1 cm³/mol. The van der Waals surface area contributed by atoms with Gasteiger partial charge in [0.05, 0.1) is 12.6 Å². The number of nitrogens with one attached hydrogen (secondary N) is 1. The molecule has 0 saturated carbocycles. The molecule has 6 heteroatoms. The number of halogens is 1. The fraction of sp³-hybridized carbons (Fsp3) is 0.357. The summed E-state index contributed by atoms with van der Waals surface area (Å²) in [7, 11) is 0. The van der Waals surface area contributed by atoms with Crippen LogP contribution in [0.4, 0.5) is 5.13 Å². The highest BCUT2D eigenvalue weighted by molar-refractivity contribution is 7.15. The SMILES string of the molecule is CCC(CO)NC(c1cnc(N)s1)c1ccccc1Cl. The zero-order valence-electron chi connectivity index (χ0n) is 11.2. The minimum absolute atomic E-state index is 0.000373. The van der Waals surface area contributed by atoms with Gasteiger partial charge in [-0.15, -0.1) is 11.3 Å². The number of thiazole rings is 1. The lowest BCUT2D eigenvalue weighted by Crippen LogP contribution is -2.35. The van der Waals surface area contributed by atoms with Gasteiger partial charge in [-0.1, -0.05) is 36.7 Å². The van der Waals surface area contributed by atoms with Crippen molar-refractivity contribution in [2.24, 2.45) is 0 Å². The molecule has 1 aromatic carbocycles. The van der Waals surface area contributed by atoms with E-state index in [9.17, 15) is 5.11 Å². The number of aliphatic hydroxyl groups excluding tert-OH is 1. The van der Waals surface area contributed by atoms with Gasteiger partial charge in [-0.25, -0.2) is 4.98 Å².